The van der Waals surface area contributed by atoms with E-state index in [1.54, 1.807) is 12.3 Å². The van der Waals surface area contributed by atoms with Crippen molar-refractivity contribution in [1.82, 2.24) is 4.98 Å². The Bertz CT molecular complexity index is 862. The van der Waals surface area contributed by atoms with Gasteiger partial charge in [0.2, 0.25) is 5.91 Å². The van der Waals surface area contributed by atoms with E-state index in [0.29, 0.717) is 11.2 Å². The summed E-state index contributed by atoms with van der Waals surface area (Å²) in [6.07, 6.45) is 1.64. The number of nitrogens with zero attached hydrogens (tertiary/aromatic N) is 1. The van der Waals surface area contributed by atoms with E-state index < -0.39 is 11.6 Å². The molecule has 1 amide bonds. The lowest BCUT2D eigenvalue weighted by atomic mass is 10.2. The molecule has 0 bridgehead atoms. The van der Waals surface area contributed by atoms with Gasteiger partial charge in [-0.2, -0.15) is 0 Å². The Balaban J connectivity index is 1.69. The van der Waals surface area contributed by atoms with Crippen molar-refractivity contribution in [2.75, 3.05) is 17.2 Å². The number of anilines is 2. The minimum absolute atomic E-state index is 0.0672. The van der Waals surface area contributed by atoms with Crippen LogP contribution in [-0.2, 0) is 4.79 Å². The Morgan fingerprint density at radius 1 is 1.04 bits per heavy atom. The molecule has 2 aromatic carbocycles. The zero-order valence-corrected chi connectivity index (χ0v) is 12.0. The predicted octanol–water partition coefficient (Wildman–Crippen LogP) is 3.56. The molecule has 2 N–H and O–H groups in total. The summed E-state index contributed by atoms with van der Waals surface area (Å²) in [5.74, 6) is -1.77. The molecule has 3 aromatic rings. The molecule has 0 radical (unpaired) electrons. The summed E-state index contributed by atoms with van der Waals surface area (Å²) < 4.78 is 26.3. The zero-order valence-electron chi connectivity index (χ0n) is 12.0. The molecule has 1 heterocycles. The second-order valence-electron chi connectivity index (χ2n) is 4.91. The fourth-order valence-electron chi connectivity index (χ4n) is 2.21. The molecule has 23 heavy (non-hydrogen) atoms. The van der Waals surface area contributed by atoms with Gasteiger partial charge in [-0.25, -0.2) is 8.78 Å². The van der Waals surface area contributed by atoms with Crippen LogP contribution in [0.5, 0.6) is 0 Å². The van der Waals surface area contributed by atoms with Crippen LogP contribution in [0.2, 0.25) is 0 Å². The van der Waals surface area contributed by atoms with Crippen LogP contribution in [0.4, 0.5) is 20.2 Å². The van der Waals surface area contributed by atoms with Crippen molar-refractivity contribution in [3.63, 3.8) is 0 Å². The van der Waals surface area contributed by atoms with Crippen molar-refractivity contribution >= 4 is 28.2 Å². The molecule has 3 rings (SSSR count). The van der Waals surface area contributed by atoms with Gasteiger partial charge < -0.3 is 10.6 Å². The van der Waals surface area contributed by atoms with E-state index in [1.807, 2.05) is 24.3 Å². The summed E-state index contributed by atoms with van der Waals surface area (Å²) in [4.78, 5) is 16.2. The number of hydrogen-bond acceptors (Lipinski definition) is 3. The molecule has 0 unspecified atom stereocenters. The van der Waals surface area contributed by atoms with E-state index in [4.69, 9.17) is 0 Å². The van der Waals surface area contributed by atoms with E-state index in [2.05, 4.69) is 15.6 Å². The molecule has 0 aliphatic carbocycles. The summed E-state index contributed by atoms with van der Waals surface area (Å²) >= 11 is 0. The normalized spacial score (nSPS) is 10.5. The topological polar surface area (TPSA) is 54.0 Å². The summed E-state index contributed by atoms with van der Waals surface area (Å²) in [5, 5.41) is 6.27. The average Bonchev–Trinajstić information content (AvgIpc) is 2.54. The number of hydrogen-bond donors (Lipinski definition) is 2. The number of fused-ring (bicyclic) bond motifs is 1. The van der Waals surface area contributed by atoms with Crippen LogP contribution in [0.1, 0.15) is 0 Å². The van der Waals surface area contributed by atoms with Crippen molar-refractivity contribution in [1.29, 1.82) is 0 Å². The van der Waals surface area contributed by atoms with Crippen molar-refractivity contribution in [2.45, 2.75) is 0 Å². The van der Waals surface area contributed by atoms with Crippen LogP contribution >= 0.6 is 0 Å². The average molecular weight is 313 g/mol. The second-order valence-corrected chi connectivity index (χ2v) is 4.91. The molecular weight excluding hydrogens is 300 g/mol. The quantitative estimate of drug-likeness (QED) is 0.774. The number of amides is 1. The predicted molar refractivity (Wildman–Crippen MR) is 85.2 cm³/mol. The molecule has 0 saturated heterocycles. The molecule has 0 aliphatic rings. The SMILES string of the molecule is O=C(CNc1ccc(F)cc1F)Nc1cccc2cccnc12. The van der Waals surface area contributed by atoms with Gasteiger partial charge in [0.1, 0.15) is 11.6 Å². The Hall–Kier alpha value is -3.02. The number of carbonyl (C=O) groups excluding carboxylic acids is 1. The summed E-state index contributed by atoms with van der Waals surface area (Å²) in [6.45, 7) is -0.147. The van der Waals surface area contributed by atoms with Gasteiger partial charge in [-0.1, -0.05) is 18.2 Å². The van der Waals surface area contributed by atoms with Crippen LogP contribution in [0.25, 0.3) is 10.9 Å². The van der Waals surface area contributed by atoms with Gasteiger partial charge >= 0.3 is 0 Å². The van der Waals surface area contributed by atoms with E-state index in [9.17, 15) is 13.6 Å². The lowest BCUT2D eigenvalue weighted by Crippen LogP contribution is -2.22. The highest BCUT2D eigenvalue weighted by atomic mass is 19.1. The molecule has 0 atom stereocenters. The highest BCUT2D eigenvalue weighted by Crippen LogP contribution is 2.20. The van der Waals surface area contributed by atoms with Gasteiger partial charge in [0.05, 0.1) is 23.4 Å². The minimum atomic E-state index is -0.746. The lowest BCUT2D eigenvalue weighted by Gasteiger charge is -2.10. The van der Waals surface area contributed by atoms with Crippen LogP contribution in [0.15, 0.2) is 54.7 Å². The molecule has 0 fully saturated rings. The highest BCUT2D eigenvalue weighted by molar-refractivity contribution is 6.01. The number of nitrogens with one attached hydrogen (secondary N) is 2. The first kappa shape index (κ1) is 14.9. The highest BCUT2D eigenvalue weighted by Gasteiger charge is 2.08. The number of carbonyl (C=O) groups is 1. The Labute approximate surface area is 131 Å². The minimum Gasteiger partial charge on any atom is -0.374 e. The van der Waals surface area contributed by atoms with Crippen molar-refractivity contribution < 1.29 is 13.6 Å². The van der Waals surface area contributed by atoms with Gasteiger partial charge in [-0.15, -0.1) is 0 Å². The molecular formula is C17H13F2N3O. The largest absolute Gasteiger partial charge is 0.374 e. The summed E-state index contributed by atoms with van der Waals surface area (Å²) in [5.41, 5.74) is 1.32. The first-order valence-electron chi connectivity index (χ1n) is 6.96. The molecule has 6 heteroatoms. The van der Waals surface area contributed by atoms with Crippen LogP contribution < -0.4 is 10.6 Å². The molecule has 4 nitrogen and oxygen atoms in total. The fourth-order valence-corrected chi connectivity index (χ4v) is 2.21. The third-order valence-electron chi connectivity index (χ3n) is 3.28. The van der Waals surface area contributed by atoms with E-state index in [1.165, 1.54) is 6.07 Å². The number of aromatic nitrogens is 1. The van der Waals surface area contributed by atoms with E-state index in [0.717, 1.165) is 17.5 Å². The smallest absolute Gasteiger partial charge is 0.243 e. The number of para-hydroxylation sites is 1. The van der Waals surface area contributed by atoms with E-state index >= 15 is 0 Å². The standard InChI is InChI=1S/C17H13F2N3O/c18-12-6-7-14(13(19)9-12)21-10-16(23)22-15-5-1-3-11-4-2-8-20-17(11)15/h1-9,21H,10H2,(H,22,23). The number of rotatable bonds is 4. The molecule has 0 aliphatic heterocycles. The van der Waals surface area contributed by atoms with Crippen LogP contribution in [0.3, 0.4) is 0 Å². The van der Waals surface area contributed by atoms with Crippen molar-refractivity contribution in [2.24, 2.45) is 0 Å². The first-order valence-corrected chi connectivity index (χ1v) is 6.96. The Morgan fingerprint density at radius 3 is 2.70 bits per heavy atom. The number of halogens is 2. The summed E-state index contributed by atoms with van der Waals surface area (Å²) in [6, 6.07) is 12.3. The van der Waals surface area contributed by atoms with E-state index in [-0.39, 0.29) is 18.1 Å². The van der Waals surface area contributed by atoms with Crippen molar-refractivity contribution in [3.05, 3.63) is 66.4 Å². The van der Waals surface area contributed by atoms with Crippen LogP contribution in [0, 0.1) is 11.6 Å². The molecule has 1 aromatic heterocycles. The molecule has 116 valence electrons. The Kier molecular flexibility index (Phi) is 4.14. The molecule has 0 saturated carbocycles. The maximum atomic E-state index is 13.5. The van der Waals surface area contributed by atoms with Crippen LogP contribution in [-0.4, -0.2) is 17.4 Å². The maximum absolute atomic E-state index is 13.5. The maximum Gasteiger partial charge on any atom is 0.243 e. The van der Waals surface area contributed by atoms with Gasteiger partial charge in [0.25, 0.3) is 0 Å². The third-order valence-corrected chi connectivity index (χ3v) is 3.28. The number of pyridine rings is 1. The lowest BCUT2D eigenvalue weighted by molar-refractivity contribution is -0.114. The zero-order chi connectivity index (χ0) is 16.2. The fraction of sp³-hybridized carbons (Fsp3) is 0.0588. The second kappa shape index (κ2) is 6.39. The van der Waals surface area contributed by atoms with Crippen molar-refractivity contribution in [3.8, 4) is 0 Å². The number of benzene rings is 2. The monoisotopic (exact) mass is 313 g/mol. The van der Waals surface area contributed by atoms with Gasteiger partial charge in [-0.05, 0) is 24.3 Å². The summed E-state index contributed by atoms with van der Waals surface area (Å²) in [7, 11) is 0. The first-order chi connectivity index (χ1) is 11.1. The molecule has 0 spiro atoms. The van der Waals surface area contributed by atoms with Gasteiger partial charge in [0, 0.05) is 17.6 Å². The Morgan fingerprint density at radius 2 is 1.87 bits per heavy atom. The van der Waals surface area contributed by atoms with Gasteiger partial charge in [0.15, 0.2) is 0 Å². The van der Waals surface area contributed by atoms with Gasteiger partial charge in [-0.3, -0.25) is 9.78 Å². The third kappa shape index (κ3) is 3.42.